The highest BCUT2D eigenvalue weighted by Crippen LogP contribution is 2.17. The van der Waals surface area contributed by atoms with E-state index in [2.05, 4.69) is 16.0 Å². The summed E-state index contributed by atoms with van der Waals surface area (Å²) >= 11 is 5.83. The predicted molar refractivity (Wildman–Crippen MR) is 109 cm³/mol. The molecule has 148 valence electrons. The van der Waals surface area contributed by atoms with Gasteiger partial charge in [0.2, 0.25) is 5.91 Å². The first kappa shape index (κ1) is 20.2. The maximum absolute atomic E-state index is 12.5. The van der Waals surface area contributed by atoms with Gasteiger partial charge in [-0.1, -0.05) is 23.7 Å². The van der Waals surface area contributed by atoms with Crippen molar-refractivity contribution in [2.45, 2.75) is 6.54 Å². The van der Waals surface area contributed by atoms with Gasteiger partial charge in [0.1, 0.15) is 5.76 Å². The van der Waals surface area contributed by atoms with Crippen LogP contribution in [-0.4, -0.2) is 24.3 Å². The third-order valence-corrected chi connectivity index (χ3v) is 4.23. The smallest absolute Gasteiger partial charge is 0.255 e. The van der Waals surface area contributed by atoms with E-state index < -0.39 is 5.91 Å². The minimum atomic E-state index is -0.481. The van der Waals surface area contributed by atoms with E-state index in [9.17, 15) is 14.4 Å². The molecule has 7 nitrogen and oxygen atoms in total. The van der Waals surface area contributed by atoms with Crippen LogP contribution < -0.4 is 16.0 Å². The lowest BCUT2D eigenvalue weighted by Gasteiger charge is -2.11. The van der Waals surface area contributed by atoms with Crippen molar-refractivity contribution in [3.8, 4) is 0 Å². The molecule has 3 amide bonds. The second-order valence-corrected chi connectivity index (χ2v) is 6.48. The molecule has 0 radical (unpaired) electrons. The molecule has 29 heavy (non-hydrogen) atoms. The summed E-state index contributed by atoms with van der Waals surface area (Å²) in [4.78, 5) is 36.8. The van der Waals surface area contributed by atoms with Gasteiger partial charge in [-0.3, -0.25) is 14.4 Å². The molecule has 3 N–H and O–H groups in total. The topological polar surface area (TPSA) is 100 Å². The average molecular weight is 412 g/mol. The molecule has 1 heterocycles. The molecule has 3 rings (SSSR count). The predicted octanol–water partition coefficient (Wildman–Crippen LogP) is 3.23. The Morgan fingerprint density at radius 3 is 2.34 bits per heavy atom. The first-order valence-corrected chi connectivity index (χ1v) is 9.14. The van der Waals surface area contributed by atoms with E-state index in [0.29, 0.717) is 22.0 Å². The molecule has 1 aromatic heterocycles. The number of carbonyl (C=O) groups excluding carboxylic acids is 3. The highest BCUT2D eigenvalue weighted by molar-refractivity contribution is 6.30. The number of para-hydroxylation sites is 1. The van der Waals surface area contributed by atoms with E-state index >= 15 is 0 Å². The summed E-state index contributed by atoms with van der Waals surface area (Å²) in [7, 11) is 0. The molecule has 0 aliphatic rings. The number of amides is 3. The van der Waals surface area contributed by atoms with Gasteiger partial charge in [-0.2, -0.15) is 0 Å². The highest BCUT2D eigenvalue weighted by atomic mass is 35.5. The second-order valence-electron chi connectivity index (χ2n) is 6.05. The molecule has 2 aromatic carbocycles. The summed E-state index contributed by atoms with van der Waals surface area (Å²) in [6.07, 6.45) is 1.51. The van der Waals surface area contributed by atoms with Crippen molar-refractivity contribution in [2.24, 2.45) is 0 Å². The summed E-state index contributed by atoms with van der Waals surface area (Å²) in [6.45, 7) is 0.0223. The van der Waals surface area contributed by atoms with Crippen LogP contribution in [0.15, 0.2) is 71.3 Å². The maximum Gasteiger partial charge on any atom is 0.255 e. The molecule has 8 heteroatoms. The molecule has 0 atom stereocenters. The Morgan fingerprint density at radius 2 is 1.62 bits per heavy atom. The maximum atomic E-state index is 12.5. The molecule has 0 aliphatic heterocycles. The number of furan rings is 1. The summed E-state index contributed by atoms with van der Waals surface area (Å²) in [6, 6.07) is 16.4. The van der Waals surface area contributed by atoms with Gasteiger partial charge in [0, 0.05) is 10.6 Å². The van der Waals surface area contributed by atoms with Crippen molar-refractivity contribution in [1.29, 1.82) is 0 Å². The summed E-state index contributed by atoms with van der Waals surface area (Å²) in [5, 5.41) is 8.40. The van der Waals surface area contributed by atoms with Crippen molar-refractivity contribution in [2.75, 3.05) is 11.9 Å². The van der Waals surface area contributed by atoms with Gasteiger partial charge >= 0.3 is 0 Å². The number of nitrogens with one attached hydrogen (secondary N) is 3. The zero-order valence-corrected chi connectivity index (χ0v) is 16.0. The lowest BCUT2D eigenvalue weighted by Crippen LogP contribution is -2.36. The first-order chi connectivity index (χ1) is 14.0. The van der Waals surface area contributed by atoms with Gasteiger partial charge in [0.15, 0.2) is 0 Å². The lowest BCUT2D eigenvalue weighted by molar-refractivity contribution is -0.120. The number of hydrogen-bond acceptors (Lipinski definition) is 4. The normalized spacial score (nSPS) is 10.2. The number of benzene rings is 2. The van der Waals surface area contributed by atoms with Crippen molar-refractivity contribution in [3.63, 3.8) is 0 Å². The SMILES string of the molecule is O=C(CNC(=O)c1ccccc1NC(=O)c1ccc(Cl)cc1)NCc1ccco1. The van der Waals surface area contributed by atoms with Gasteiger partial charge in [-0.25, -0.2) is 0 Å². The van der Waals surface area contributed by atoms with E-state index in [0.717, 1.165) is 0 Å². The van der Waals surface area contributed by atoms with Crippen LogP contribution >= 0.6 is 11.6 Å². The minimum Gasteiger partial charge on any atom is -0.467 e. The monoisotopic (exact) mass is 411 g/mol. The van der Waals surface area contributed by atoms with Crippen molar-refractivity contribution < 1.29 is 18.8 Å². The third kappa shape index (κ3) is 5.70. The first-order valence-electron chi connectivity index (χ1n) is 8.76. The van der Waals surface area contributed by atoms with E-state index in [1.807, 2.05) is 0 Å². The van der Waals surface area contributed by atoms with Gasteiger partial charge in [0.05, 0.1) is 30.6 Å². The fourth-order valence-corrected chi connectivity index (χ4v) is 2.63. The Labute approximate surface area is 172 Å². The number of anilines is 1. The second kappa shape index (κ2) is 9.57. The average Bonchev–Trinajstić information content (AvgIpc) is 3.25. The summed E-state index contributed by atoms with van der Waals surface area (Å²) in [5.74, 6) is -0.611. The van der Waals surface area contributed by atoms with Crippen LogP contribution in [-0.2, 0) is 11.3 Å². The largest absolute Gasteiger partial charge is 0.467 e. The van der Waals surface area contributed by atoms with Crippen LogP contribution in [0.2, 0.25) is 5.02 Å². The van der Waals surface area contributed by atoms with Crippen LogP contribution in [0.4, 0.5) is 5.69 Å². The van der Waals surface area contributed by atoms with Crippen LogP contribution in [0.1, 0.15) is 26.5 Å². The Bertz CT molecular complexity index is 1000. The van der Waals surface area contributed by atoms with E-state index in [4.69, 9.17) is 16.0 Å². The number of halogens is 1. The van der Waals surface area contributed by atoms with Crippen LogP contribution in [0.3, 0.4) is 0 Å². The molecular formula is C21H18ClN3O4. The molecule has 0 fully saturated rings. The third-order valence-electron chi connectivity index (χ3n) is 3.98. The van der Waals surface area contributed by atoms with Crippen molar-refractivity contribution in [1.82, 2.24) is 10.6 Å². The summed E-state index contributed by atoms with van der Waals surface area (Å²) < 4.78 is 5.12. The highest BCUT2D eigenvalue weighted by Gasteiger charge is 2.15. The van der Waals surface area contributed by atoms with E-state index in [-0.39, 0.29) is 30.5 Å². The molecular weight excluding hydrogens is 394 g/mol. The van der Waals surface area contributed by atoms with E-state index in [1.165, 1.54) is 6.26 Å². The lowest BCUT2D eigenvalue weighted by atomic mass is 10.1. The number of hydrogen-bond donors (Lipinski definition) is 3. The quantitative estimate of drug-likeness (QED) is 0.555. The summed E-state index contributed by atoms with van der Waals surface area (Å²) in [5.41, 5.74) is 0.983. The molecule has 0 saturated heterocycles. The molecule has 0 spiro atoms. The van der Waals surface area contributed by atoms with E-state index in [1.54, 1.807) is 60.7 Å². The Kier molecular flexibility index (Phi) is 6.65. The Balaban J connectivity index is 1.58. The zero-order chi connectivity index (χ0) is 20.6. The van der Waals surface area contributed by atoms with Crippen molar-refractivity contribution >= 4 is 35.0 Å². The molecule has 0 bridgehead atoms. The Morgan fingerprint density at radius 1 is 0.862 bits per heavy atom. The van der Waals surface area contributed by atoms with Gasteiger partial charge < -0.3 is 20.4 Å². The van der Waals surface area contributed by atoms with Crippen LogP contribution in [0.25, 0.3) is 0 Å². The zero-order valence-electron chi connectivity index (χ0n) is 15.3. The van der Waals surface area contributed by atoms with Crippen molar-refractivity contribution in [3.05, 3.63) is 88.8 Å². The number of carbonyl (C=O) groups is 3. The van der Waals surface area contributed by atoms with Gasteiger partial charge in [-0.15, -0.1) is 0 Å². The molecule has 0 unspecified atom stereocenters. The van der Waals surface area contributed by atoms with Crippen LogP contribution in [0.5, 0.6) is 0 Å². The minimum absolute atomic E-state index is 0.209. The molecule has 0 saturated carbocycles. The molecule has 0 aliphatic carbocycles. The molecule has 3 aromatic rings. The van der Waals surface area contributed by atoms with Gasteiger partial charge in [0.25, 0.3) is 11.8 Å². The standard InChI is InChI=1S/C21H18ClN3O4/c22-15-9-7-14(8-10-15)20(27)25-18-6-2-1-5-17(18)21(28)24-13-19(26)23-12-16-4-3-11-29-16/h1-11H,12-13H2,(H,23,26)(H,24,28)(H,25,27). The fourth-order valence-electron chi connectivity index (χ4n) is 2.50. The van der Waals surface area contributed by atoms with Crippen LogP contribution in [0, 0.1) is 0 Å². The van der Waals surface area contributed by atoms with Gasteiger partial charge in [-0.05, 0) is 48.5 Å². The fraction of sp³-hybridized carbons (Fsp3) is 0.0952. The Hall–Kier alpha value is -3.58. The number of rotatable bonds is 7.